The molecule has 0 saturated carbocycles. The molecule has 0 radical (unpaired) electrons. The van der Waals surface area contributed by atoms with E-state index in [2.05, 4.69) is 19.9 Å². The summed E-state index contributed by atoms with van der Waals surface area (Å²) in [5, 5.41) is 8.94. The third-order valence-electron chi connectivity index (χ3n) is 2.58. The van der Waals surface area contributed by atoms with Crippen molar-refractivity contribution in [1.82, 2.24) is 0 Å². The molecule has 0 spiro atoms. The molecule has 0 saturated heterocycles. The van der Waals surface area contributed by atoms with Gasteiger partial charge >= 0.3 is 0 Å². The summed E-state index contributed by atoms with van der Waals surface area (Å²) in [6.07, 6.45) is 1.91. The van der Waals surface area contributed by atoms with E-state index in [0.717, 1.165) is 29.9 Å². The van der Waals surface area contributed by atoms with Crippen molar-refractivity contribution in [1.29, 1.82) is 5.26 Å². The molecule has 0 bridgehead atoms. The fraction of sp³-hybridized carbons (Fsp3) is 0.533. The third kappa shape index (κ3) is 3.96. The lowest BCUT2D eigenvalue weighted by Crippen LogP contribution is -2.02. The van der Waals surface area contributed by atoms with E-state index < -0.39 is 0 Å². The van der Waals surface area contributed by atoms with Gasteiger partial charge in [-0.15, -0.1) is 0 Å². The van der Waals surface area contributed by atoms with Crippen molar-refractivity contribution >= 4 is 0 Å². The highest BCUT2D eigenvalue weighted by molar-refractivity contribution is 5.44. The van der Waals surface area contributed by atoms with Gasteiger partial charge in [0.05, 0.1) is 25.2 Å². The van der Waals surface area contributed by atoms with Gasteiger partial charge in [0.15, 0.2) is 11.5 Å². The Labute approximate surface area is 109 Å². The standard InChI is InChI=1S/C15H21NO2/c1-4-8-17-14-7-6-13(12(3)11-16)10-15(14)18-9-5-2/h6-7,10,12H,4-5,8-9H2,1-3H3. The molecule has 0 aliphatic heterocycles. The second-order valence-electron chi connectivity index (χ2n) is 4.25. The number of hydrogen-bond acceptors (Lipinski definition) is 3. The van der Waals surface area contributed by atoms with Crippen molar-refractivity contribution in [3.8, 4) is 17.6 Å². The van der Waals surface area contributed by atoms with Crippen LogP contribution in [0.2, 0.25) is 0 Å². The predicted molar refractivity (Wildman–Crippen MR) is 72.0 cm³/mol. The minimum atomic E-state index is -0.130. The van der Waals surface area contributed by atoms with Crippen LogP contribution in [0.4, 0.5) is 0 Å². The summed E-state index contributed by atoms with van der Waals surface area (Å²) >= 11 is 0. The van der Waals surface area contributed by atoms with Crippen LogP contribution < -0.4 is 9.47 Å². The SMILES string of the molecule is CCCOc1ccc(C(C)C#N)cc1OCCC. The van der Waals surface area contributed by atoms with Crippen LogP contribution in [0.15, 0.2) is 18.2 Å². The first kappa shape index (κ1) is 14.4. The summed E-state index contributed by atoms with van der Waals surface area (Å²) < 4.78 is 11.3. The minimum absolute atomic E-state index is 0.130. The van der Waals surface area contributed by atoms with E-state index in [1.165, 1.54) is 0 Å². The molecule has 0 N–H and O–H groups in total. The van der Waals surface area contributed by atoms with Crippen LogP contribution in [0.3, 0.4) is 0 Å². The van der Waals surface area contributed by atoms with Crippen molar-refractivity contribution in [3.05, 3.63) is 23.8 Å². The maximum absolute atomic E-state index is 8.94. The fourth-order valence-electron chi connectivity index (χ4n) is 1.52. The highest BCUT2D eigenvalue weighted by Crippen LogP contribution is 2.31. The number of benzene rings is 1. The Hall–Kier alpha value is -1.69. The molecule has 0 fully saturated rings. The van der Waals surface area contributed by atoms with Crippen molar-refractivity contribution in [2.45, 2.75) is 39.5 Å². The van der Waals surface area contributed by atoms with Crippen molar-refractivity contribution in [2.75, 3.05) is 13.2 Å². The maximum Gasteiger partial charge on any atom is 0.161 e. The van der Waals surface area contributed by atoms with Crippen LogP contribution in [-0.4, -0.2) is 13.2 Å². The normalized spacial score (nSPS) is 11.7. The number of hydrogen-bond donors (Lipinski definition) is 0. The van der Waals surface area contributed by atoms with E-state index in [1.54, 1.807) is 0 Å². The molecule has 0 amide bonds. The van der Waals surface area contributed by atoms with Crippen LogP contribution in [-0.2, 0) is 0 Å². The second-order valence-corrected chi connectivity index (χ2v) is 4.25. The average Bonchev–Trinajstić information content (AvgIpc) is 2.42. The van der Waals surface area contributed by atoms with Crippen LogP contribution in [0.1, 0.15) is 45.1 Å². The molecule has 1 aromatic rings. The lowest BCUT2D eigenvalue weighted by atomic mass is 10.0. The second kappa shape index (κ2) is 7.60. The number of nitriles is 1. The molecule has 0 aliphatic rings. The van der Waals surface area contributed by atoms with Crippen molar-refractivity contribution in [3.63, 3.8) is 0 Å². The average molecular weight is 247 g/mol. The molecule has 0 aromatic heterocycles. The highest BCUT2D eigenvalue weighted by atomic mass is 16.5. The molecule has 3 nitrogen and oxygen atoms in total. The Balaban J connectivity index is 2.92. The van der Waals surface area contributed by atoms with Gasteiger partial charge in [-0.05, 0) is 37.5 Å². The van der Waals surface area contributed by atoms with Gasteiger partial charge in [0.2, 0.25) is 0 Å². The summed E-state index contributed by atoms with van der Waals surface area (Å²) in [4.78, 5) is 0. The Morgan fingerprint density at radius 3 is 2.28 bits per heavy atom. The van der Waals surface area contributed by atoms with E-state index in [4.69, 9.17) is 14.7 Å². The van der Waals surface area contributed by atoms with Crippen LogP contribution in [0, 0.1) is 11.3 Å². The Morgan fingerprint density at radius 1 is 1.11 bits per heavy atom. The molecular formula is C15H21NO2. The van der Waals surface area contributed by atoms with E-state index >= 15 is 0 Å². The van der Waals surface area contributed by atoms with Gasteiger partial charge in [0, 0.05) is 0 Å². The van der Waals surface area contributed by atoms with Crippen LogP contribution in [0.25, 0.3) is 0 Å². The van der Waals surface area contributed by atoms with E-state index in [1.807, 2.05) is 25.1 Å². The van der Waals surface area contributed by atoms with Crippen molar-refractivity contribution in [2.24, 2.45) is 0 Å². The first-order valence-corrected chi connectivity index (χ1v) is 6.52. The monoisotopic (exact) mass is 247 g/mol. The fourth-order valence-corrected chi connectivity index (χ4v) is 1.52. The zero-order valence-corrected chi connectivity index (χ0v) is 11.4. The van der Waals surface area contributed by atoms with E-state index in [-0.39, 0.29) is 5.92 Å². The number of rotatable bonds is 7. The molecule has 0 heterocycles. The lowest BCUT2D eigenvalue weighted by Gasteiger charge is -2.14. The van der Waals surface area contributed by atoms with E-state index in [0.29, 0.717) is 13.2 Å². The summed E-state index contributed by atoms with van der Waals surface area (Å²) in [5.74, 6) is 1.37. The van der Waals surface area contributed by atoms with E-state index in [9.17, 15) is 0 Å². The third-order valence-corrected chi connectivity index (χ3v) is 2.58. The van der Waals surface area contributed by atoms with Crippen LogP contribution >= 0.6 is 0 Å². The first-order valence-electron chi connectivity index (χ1n) is 6.52. The lowest BCUT2D eigenvalue weighted by molar-refractivity contribution is 0.268. The molecular weight excluding hydrogens is 226 g/mol. The Morgan fingerprint density at radius 2 is 1.72 bits per heavy atom. The quantitative estimate of drug-likeness (QED) is 0.734. The largest absolute Gasteiger partial charge is 0.490 e. The van der Waals surface area contributed by atoms with Gasteiger partial charge in [-0.25, -0.2) is 0 Å². The molecule has 3 heteroatoms. The highest BCUT2D eigenvalue weighted by Gasteiger charge is 2.10. The first-order chi connectivity index (χ1) is 8.72. The maximum atomic E-state index is 8.94. The predicted octanol–water partition coefficient (Wildman–Crippen LogP) is 3.89. The van der Waals surface area contributed by atoms with Gasteiger partial charge in [0.1, 0.15) is 0 Å². The summed E-state index contributed by atoms with van der Waals surface area (Å²) in [7, 11) is 0. The molecule has 18 heavy (non-hydrogen) atoms. The number of ether oxygens (including phenoxy) is 2. The Bertz CT molecular complexity index is 409. The van der Waals surface area contributed by atoms with Gasteiger partial charge in [-0.3, -0.25) is 0 Å². The Kier molecular flexibility index (Phi) is 6.07. The zero-order valence-electron chi connectivity index (χ0n) is 11.4. The number of nitrogens with zero attached hydrogens (tertiary/aromatic N) is 1. The minimum Gasteiger partial charge on any atom is -0.490 e. The summed E-state index contributed by atoms with van der Waals surface area (Å²) in [6, 6.07) is 7.96. The molecule has 1 rings (SSSR count). The molecule has 0 aliphatic carbocycles. The molecule has 1 atom stereocenters. The summed E-state index contributed by atoms with van der Waals surface area (Å²) in [6.45, 7) is 7.35. The summed E-state index contributed by atoms with van der Waals surface area (Å²) in [5.41, 5.74) is 0.965. The van der Waals surface area contributed by atoms with Gasteiger partial charge in [-0.2, -0.15) is 5.26 Å². The topological polar surface area (TPSA) is 42.2 Å². The van der Waals surface area contributed by atoms with Crippen LogP contribution in [0.5, 0.6) is 11.5 Å². The van der Waals surface area contributed by atoms with Gasteiger partial charge in [0.25, 0.3) is 0 Å². The zero-order chi connectivity index (χ0) is 13.4. The smallest absolute Gasteiger partial charge is 0.161 e. The molecule has 1 unspecified atom stereocenters. The van der Waals surface area contributed by atoms with Gasteiger partial charge < -0.3 is 9.47 Å². The molecule has 98 valence electrons. The molecule has 1 aromatic carbocycles. The van der Waals surface area contributed by atoms with Crippen molar-refractivity contribution < 1.29 is 9.47 Å². The van der Waals surface area contributed by atoms with Gasteiger partial charge in [-0.1, -0.05) is 19.9 Å².